The van der Waals surface area contributed by atoms with Crippen molar-refractivity contribution in [3.05, 3.63) is 101 Å². The predicted octanol–water partition coefficient (Wildman–Crippen LogP) is 8.59. The Morgan fingerprint density at radius 3 is 2.42 bits per heavy atom. The Labute approximate surface area is 455 Å². The Morgan fingerprint density at radius 2 is 1.69 bits per heavy atom. The van der Waals surface area contributed by atoms with Crippen molar-refractivity contribution >= 4 is 56.5 Å². The van der Waals surface area contributed by atoms with Crippen LogP contribution in [0.3, 0.4) is 0 Å². The Balaban J connectivity index is 0.632. The summed E-state index contributed by atoms with van der Waals surface area (Å²) in [6.45, 7) is 10.4. The Bertz CT molecular complexity index is 3410. The van der Waals surface area contributed by atoms with E-state index in [9.17, 15) is 14.7 Å². The number of benzene rings is 3. The number of carbonyl (C=O) groups is 2. The zero-order valence-corrected chi connectivity index (χ0v) is 44.7. The molecule has 5 aliphatic heterocycles. The molecular formula is C59H63F2N11O5S. The summed E-state index contributed by atoms with van der Waals surface area (Å²) in [6.07, 6.45) is 15.1. The van der Waals surface area contributed by atoms with Gasteiger partial charge in [-0.05, 0) is 125 Å². The quantitative estimate of drug-likeness (QED) is 0.0883. The lowest BCUT2D eigenvalue weighted by molar-refractivity contribution is -0.138. The van der Waals surface area contributed by atoms with Gasteiger partial charge >= 0.3 is 6.01 Å². The number of piperidine rings is 2. The maximum atomic E-state index is 17.1. The van der Waals surface area contributed by atoms with Crippen LogP contribution in [0.2, 0.25) is 0 Å². The summed E-state index contributed by atoms with van der Waals surface area (Å²) in [5.41, 5.74) is 4.96. The fraction of sp³-hybridized carbons (Fsp3) is 0.441. The number of thiazole rings is 1. The lowest BCUT2D eigenvalue weighted by Gasteiger charge is -2.40. The number of aryl methyl sites for hydroxylation is 1. The minimum atomic E-state index is -0.744. The number of hydrogen-bond acceptors (Lipinski definition) is 15. The second-order valence-electron chi connectivity index (χ2n) is 21.8. The van der Waals surface area contributed by atoms with E-state index < -0.39 is 17.7 Å². The smallest absolute Gasteiger partial charge is 0.319 e. The Hall–Kier alpha value is -7.27. The molecule has 404 valence electrons. The molecule has 0 spiro atoms. The summed E-state index contributed by atoms with van der Waals surface area (Å²) < 4.78 is 44.1. The zero-order chi connectivity index (χ0) is 53.6. The molecule has 0 aliphatic carbocycles. The van der Waals surface area contributed by atoms with E-state index in [1.54, 1.807) is 22.4 Å². The fourth-order valence-electron chi connectivity index (χ4n) is 12.8. The van der Waals surface area contributed by atoms with E-state index in [4.69, 9.17) is 20.7 Å². The largest absolute Gasteiger partial charge is 0.508 e. The van der Waals surface area contributed by atoms with Gasteiger partial charge in [0, 0.05) is 74.6 Å². The normalized spacial score (nSPS) is 20.7. The van der Waals surface area contributed by atoms with E-state index in [1.165, 1.54) is 24.3 Å². The van der Waals surface area contributed by atoms with Gasteiger partial charge < -0.3 is 39.7 Å². The summed E-state index contributed by atoms with van der Waals surface area (Å²) in [6, 6.07) is 15.5. The standard InChI is InChI=1S/C59H63F2N11O5S/c1-4-45-48(60)14-11-40-26-43(73)27-46(52(40)45)54-53(61)55-47(30-62-54)57(71-31-41-12-13-42(32-71)65-41)67-59(66-55)76-25-24-69-20-15-37(16-21-69)38-17-22-70(23-18-38)50-28-44(77-68-50)29-51(74)72-19-5-6-49(72)58(75)64-34(2)36-7-9-39(10-8-36)56-35(3)63-33-78-56/h1,7-11,14,26-28,30,33-34,37-38,41-42,49,65,73H,5-6,12-13,15-25,29,31-32H2,2-3H3,(H,64,75). The molecule has 3 N–H and O–H groups in total. The lowest BCUT2D eigenvalue weighted by atomic mass is 9.79. The van der Waals surface area contributed by atoms with Crippen molar-refractivity contribution in [1.82, 2.24) is 45.5 Å². The van der Waals surface area contributed by atoms with Crippen LogP contribution in [0.1, 0.15) is 86.9 Å². The van der Waals surface area contributed by atoms with Gasteiger partial charge in [-0.15, -0.1) is 17.8 Å². The van der Waals surface area contributed by atoms with E-state index in [-0.39, 0.29) is 75.8 Å². The number of carbonyl (C=O) groups excluding carboxylic acids is 2. The number of likely N-dealkylation sites (tertiary alicyclic amines) is 2. The summed E-state index contributed by atoms with van der Waals surface area (Å²) >= 11 is 1.61. The number of anilines is 2. The number of pyridine rings is 1. The van der Waals surface area contributed by atoms with Crippen molar-refractivity contribution in [2.45, 2.75) is 95.8 Å². The van der Waals surface area contributed by atoms with Crippen LogP contribution in [0.5, 0.6) is 11.8 Å². The molecule has 3 aromatic carbocycles. The maximum Gasteiger partial charge on any atom is 0.319 e. The molecule has 0 saturated carbocycles. The highest BCUT2D eigenvalue weighted by Gasteiger charge is 2.37. The first-order chi connectivity index (χ1) is 37.9. The molecule has 5 fully saturated rings. The van der Waals surface area contributed by atoms with E-state index in [0.717, 1.165) is 98.6 Å². The molecule has 16 nitrogen and oxygen atoms in total. The van der Waals surface area contributed by atoms with Gasteiger partial charge in [0.2, 0.25) is 11.8 Å². The number of piperazine rings is 1. The zero-order valence-electron chi connectivity index (χ0n) is 43.9. The van der Waals surface area contributed by atoms with Crippen LogP contribution in [-0.4, -0.2) is 129 Å². The second kappa shape index (κ2) is 21.9. The van der Waals surface area contributed by atoms with E-state index in [2.05, 4.69) is 63.5 Å². The molecule has 12 rings (SSSR count). The molecule has 78 heavy (non-hydrogen) atoms. The number of aromatic nitrogens is 5. The first-order valence-electron chi connectivity index (χ1n) is 27.4. The summed E-state index contributed by atoms with van der Waals surface area (Å²) in [5.74, 6) is 3.60. The minimum Gasteiger partial charge on any atom is -0.508 e. The van der Waals surface area contributed by atoms with Gasteiger partial charge in [-0.1, -0.05) is 41.4 Å². The number of amides is 2. The predicted molar refractivity (Wildman–Crippen MR) is 295 cm³/mol. The third-order valence-electron chi connectivity index (χ3n) is 16.9. The molecular weight excluding hydrogens is 1010 g/mol. The second-order valence-corrected chi connectivity index (χ2v) is 22.6. The van der Waals surface area contributed by atoms with Gasteiger partial charge in [-0.3, -0.25) is 19.5 Å². The third-order valence-corrected chi connectivity index (χ3v) is 17.9. The fourth-order valence-corrected chi connectivity index (χ4v) is 13.6. The number of phenolic OH excluding ortho intramolecular Hbond substituents is 1. The molecule has 0 radical (unpaired) electrons. The number of fused-ring (bicyclic) bond motifs is 4. The van der Waals surface area contributed by atoms with Crippen LogP contribution in [-0.2, 0) is 16.0 Å². The maximum absolute atomic E-state index is 17.1. The molecule has 4 unspecified atom stereocenters. The van der Waals surface area contributed by atoms with Crippen LogP contribution in [0.15, 0.2) is 70.8 Å². The van der Waals surface area contributed by atoms with Crippen LogP contribution < -0.4 is 25.2 Å². The minimum absolute atomic E-state index is 0.0212. The molecule has 5 saturated heterocycles. The molecule has 9 heterocycles. The van der Waals surface area contributed by atoms with Crippen molar-refractivity contribution in [1.29, 1.82) is 0 Å². The highest BCUT2D eigenvalue weighted by Crippen LogP contribution is 2.40. The Kier molecular flexibility index (Phi) is 14.4. The number of terminal acetylenes is 1. The number of nitrogens with one attached hydrogen (secondary N) is 2. The number of hydrogen-bond donors (Lipinski definition) is 3. The first-order valence-corrected chi connectivity index (χ1v) is 28.3. The molecule has 5 aliphatic rings. The van der Waals surface area contributed by atoms with Crippen LogP contribution in [0, 0.1) is 42.7 Å². The van der Waals surface area contributed by atoms with Crippen LogP contribution >= 0.6 is 11.3 Å². The SMILES string of the molecule is C#Cc1c(F)ccc2cc(O)cc(-c3ncc4c(N5CC6CCC(C5)N6)nc(OCCN5CCC(C6CCN(c7cc(CC(=O)N8CCCC8C(=O)NC(C)c8ccc(-c9scnc9C)cc8)on7)CC6)CC5)nc4c3F)c12. The summed E-state index contributed by atoms with van der Waals surface area (Å²) in [7, 11) is 0. The Morgan fingerprint density at radius 1 is 0.936 bits per heavy atom. The number of nitrogens with zero attached hydrogens (tertiary/aromatic N) is 9. The average molecular weight is 1080 g/mol. The molecule has 7 aromatic rings. The van der Waals surface area contributed by atoms with Crippen molar-refractivity contribution in [3.8, 4) is 45.8 Å². The van der Waals surface area contributed by atoms with Crippen LogP contribution in [0.25, 0.3) is 43.4 Å². The van der Waals surface area contributed by atoms with E-state index >= 15 is 8.78 Å². The van der Waals surface area contributed by atoms with Gasteiger partial charge in [-0.2, -0.15) is 9.97 Å². The van der Waals surface area contributed by atoms with Gasteiger partial charge in [-0.25, -0.2) is 13.8 Å². The molecule has 4 aromatic heterocycles. The number of halogens is 2. The highest BCUT2D eigenvalue weighted by molar-refractivity contribution is 7.13. The van der Waals surface area contributed by atoms with E-state index in [1.807, 2.05) is 37.6 Å². The number of rotatable bonds is 14. The van der Waals surface area contributed by atoms with Gasteiger partial charge in [0.25, 0.3) is 0 Å². The third kappa shape index (κ3) is 10.3. The van der Waals surface area contributed by atoms with Crippen molar-refractivity contribution in [3.63, 3.8) is 0 Å². The van der Waals surface area contributed by atoms with E-state index in [0.29, 0.717) is 73.4 Å². The van der Waals surface area contributed by atoms with Crippen molar-refractivity contribution in [2.24, 2.45) is 11.8 Å². The highest BCUT2D eigenvalue weighted by atomic mass is 32.1. The van der Waals surface area contributed by atoms with Gasteiger partial charge in [0.1, 0.15) is 47.0 Å². The number of aromatic hydroxyl groups is 1. The average Bonchev–Trinajstić information content (AvgIpc) is 4.41. The van der Waals surface area contributed by atoms with Crippen molar-refractivity contribution in [2.75, 3.05) is 68.8 Å². The summed E-state index contributed by atoms with van der Waals surface area (Å²) in [4.78, 5) is 55.3. The van der Waals surface area contributed by atoms with Crippen molar-refractivity contribution < 1.29 is 32.7 Å². The topological polar surface area (TPSA) is 178 Å². The molecule has 19 heteroatoms. The lowest BCUT2D eigenvalue weighted by Crippen LogP contribution is -2.51. The van der Waals surface area contributed by atoms with Gasteiger partial charge in [0.15, 0.2) is 11.6 Å². The monoisotopic (exact) mass is 1080 g/mol. The van der Waals surface area contributed by atoms with Crippen LogP contribution in [0.4, 0.5) is 20.4 Å². The summed E-state index contributed by atoms with van der Waals surface area (Å²) in [5, 5.41) is 23.0. The molecule has 2 bridgehead atoms. The van der Waals surface area contributed by atoms with Gasteiger partial charge in [0.05, 0.1) is 39.5 Å². The molecule has 4 atom stereocenters. The first kappa shape index (κ1) is 51.5. The number of phenols is 1. The molecule has 2 amide bonds. The number of ether oxygens (including phenoxy) is 1.